The zero-order valence-corrected chi connectivity index (χ0v) is 9.68. The molecule has 72 valence electrons. The summed E-state index contributed by atoms with van der Waals surface area (Å²) in [5.74, 6) is 0.874. The Balaban J connectivity index is 2.98. The van der Waals surface area contributed by atoms with Gasteiger partial charge in [-0.15, -0.1) is 0 Å². The lowest BCUT2D eigenvalue weighted by Gasteiger charge is -2.13. The number of halogens is 1. The first kappa shape index (κ1) is 10.5. The molecule has 0 spiro atoms. The average Bonchev–Trinajstić information content (AvgIpc) is 2.16. The van der Waals surface area contributed by atoms with E-state index in [1.807, 2.05) is 19.2 Å². The van der Waals surface area contributed by atoms with Gasteiger partial charge in [0.1, 0.15) is 5.75 Å². The summed E-state index contributed by atoms with van der Waals surface area (Å²) in [6.07, 6.45) is 0. The Morgan fingerprint density at radius 3 is 2.62 bits per heavy atom. The molecule has 0 aliphatic carbocycles. The zero-order valence-electron chi connectivity index (χ0n) is 8.10. The summed E-state index contributed by atoms with van der Waals surface area (Å²) in [6.45, 7) is 2.12. The predicted molar refractivity (Wildman–Crippen MR) is 58.2 cm³/mol. The van der Waals surface area contributed by atoms with Crippen LogP contribution in [0.3, 0.4) is 0 Å². The highest BCUT2D eigenvalue weighted by Gasteiger charge is 2.07. The monoisotopic (exact) mass is 243 g/mol. The number of rotatable bonds is 3. The Morgan fingerprint density at radius 1 is 1.46 bits per heavy atom. The molecule has 1 unspecified atom stereocenters. The van der Waals surface area contributed by atoms with E-state index in [1.54, 1.807) is 7.11 Å². The molecule has 1 aromatic carbocycles. The lowest BCUT2D eigenvalue weighted by Crippen LogP contribution is -2.12. The molecule has 0 heterocycles. The van der Waals surface area contributed by atoms with Crippen LogP contribution in [0.4, 0.5) is 0 Å². The number of nitrogens with one attached hydrogen (secondary N) is 1. The summed E-state index contributed by atoms with van der Waals surface area (Å²) in [5, 5.41) is 3.19. The van der Waals surface area contributed by atoms with Gasteiger partial charge in [-0.2, -0.15) is 0 Å². The minimum absolute atomic E-state index is 0.347. The van der Waals surface area contributed by atoms with Gasteiger partial charge in [0.15, 0.2) is 0 Å². The van der Waals surface area contributed by atoms with Crippen molar-refractivity contribution in [3.8, 4) is 5.75 Å². The normalized spacial score (nSPS) is 12.6. The SMILES string of the molecule is CNC(C)c1ccc(OC)cc1Br. The third-order valence-corrected chi connectivity index (χ3v) is 2.79. The number of hydrogen-bond acceptors (Lipinski definition) is 2. The third kappa shape index (κ3) is 2.45. The molecule has 3 heteroatoms. The van der Waals surface area contributed by atoms with E-state index in [4.69, 9.17) is 4.74 Å². The molecule has 0 saturated heterocycles. The van der Waals surface area contributed by atoms with E-state index in [2.05, 4.69) is 34.2 Å². The van der Waals surface area contributed by atoms with Crippen molar-refractivity contribution in [3.63, 3.8) is 0 Å². The molecule has 1 aromatic rings. The maximum Gasteiger partial charge on any atom is 0.120 e. The van der Waals surface area contributed by atoms with Gasteiger partial charge < -0.3 is 10.1 Å². The summed E-state index contributed by atoms with van der Waals surface area (Å²) >= 11 is 3.51. The van der Waals surface area contributed by atoms with Gasteiger partial charge in [0.2, 0.25) is 0 Å². The second-order valence-electron chi connectivity index (χ2n) is 2.90. The van der Waals surface area contributed by atoms with E-state index >= 15 is 0 Å². The van der Waals surface area contributed by atoms with E-state index in [1.165, 1.54) is 5.56 Å². The van der Waals surface area contributed by atoms with Crippen LogP contribution in [0.2, 0.25) is 0 Å². The van der Waals surface area contributed by atoms with Crippen molar-refractivity contribution in [2.45, 2.75) is 13.0 Å². The second-order valence-corrected chi connectivity index (χ2v) is 3.75. The van der Waals surface area contributed by atoms with E-state index in [-0.39, 0.29) is 0 Å². The number of methoxy groups -OCH3 is 1. The van der Waals surface area contributed by atoms with Gasteiger partial charge in [-0.25, -0.2) is 0 Å². The van der Waals surface area contributed by atoms with E-state index in [0.717, 1.165) is 10.2 Å². The molecule has 0 amide bonds. The minimum Gasteiger partial charge on any atom is -0.497 e. The van der Waals surface area contributed by atoms with Crippen LogP contribution in [0.15, 0.2) is 22.7 Å². The highest BCUT2D eigenvalue weighted by atomic mass is 79.9. The number of hydrogen-bond donors (Lipinski definition) is 1. The molecule has 1 N–H and O–H groups in total. The Bertz CT molecular complexity index is 288. The molecule has 0 aromatic heterocycles. The van der Waals surface area contributed by atoms with Gasteiger partial charge in [-0.1, -0.05) is 22.0 Å². The largest absolute Gasteiger partial charge is 0.497 e. The topological polar surface area (TPSA) is 21.3 Å². The number of benzene rings is 1. The van der Waals surface area contributed by atoms with Crippen molar-refractivity contribution < 1.29 is 4.74 Å². The summed E-state index contributed by atoms with van der Waals surface area (Å²) in [6, 6.07) is 6.35. The van der Waals surface area contributed by atoms with Crippen LogP contribution in [0.25, 0.3) is 0 Å². The van der Waals surface area contributed by atoms with E-state index in [0.29, 0.717) is 6.04 Å². The molecule has 1 atom stereocenters. The predicted octanol–water partition coefficient (Wildman–Crippen LogP) is 2.74. The molecule has 13 heavy (non-hydrogen) atoms. The quantitative estimate of drug-likeness (QED) is 0.882. The van der Waals surface area contributed by atoms with Crippen molar-refractivity contribution in [2.75, 3.05) is 14.2 Å². The summed E-state index contributed by atoms with van der Waals surface area (Å²) < 4.78 is 6.19. The summed E-state index contributed by atoms with van der Waals surface area (Å²) in [7, 11) is 3.62. The lowest BCUT2D eigenvalue weighted by molar-refractivity contribution is 0.414. The standard InChI is InChI=1S/C10H14BrNO/c1-7(12-2)9-5-4-8(13-3)6-10(9)11/h4-7,12H,1-3H3. The van der Waals surface area contributed by atoms with Gasteiger partial charge in [-0.05, 0) is 31.7 Å². The molecule has 2 nitrogen and oxygen atoms in total. The van der Waals surface area contributed by atoms with Crippen molar-refractivity contribution in [1.29, 1.82) is 0 Å². The van der Waals surface area contributed by atoms with Crippen molar-refractivity contribution in [3.05, 3.63) is 28.2 Å². The molecule has 0 fully saturated rings. The molecule has 0 aliphatic rings. The Morgan fingerprint density at radius 2 is 2.15 bits per heavy atom. The Hall–Kier alpha value is -0.540. The maximum atomic E-state index is 5.11. The third-order valence-electron chi connectivity index (χ3n) is 2.11. The van der Waals surface area contributed by atoms with Crippen molar-refractivity contribution >= 4 is 15.9 Å². The molecule has 0 aliphatic heterocycles. The molecule has 0 saturated carbocycles. The lowest BCUT2D eigenvalue weighted by atomic mass is 10.1. The first-order valence-corrected chi connectivity index (χ1v) is 4.99. The van der Waals surface area contributed by atoms with Crippen LogP contribution < -0.4 is 10.1 Å². The fourth-order valence-electron chi connectivity index (χ4n) is 1.14. The molecular weight excluding hydrogens is 230 g/mol. The van der Waals surface area contributed by atoms with Gasteiger partial charge >= 0.3 is 0 Å². The van der Waals surface area contributed by atoms with Crippen LogP contribution in [0.5, 0.6) is 5.75 Å². The van der Waals surface area contributed by atoms with Crippen LogP contribution >= 0.6 is 15.9 Å². The van der Waals surface area contributed by atoms with Gasteiger partial charge in [0.05, 0.1) is 7.11 Å². The molecule has 0 bridgehead atoms. The van der Waals surface area contributed by atoms with Crippen molar-refractivity contribution in [2.24, 2.45) is 0 Å². The zero-order chi connectivity index (χ0) is 9.84. The van der Waals surface area contributed by atoms with Gasteiger partial charge in [0, 0.05) is 10.5 Å². The first-order valence-electron chi connectivity index (χ1n) is 4.19. The highest BCUT2D eigenvalue weighted by Crippen LogP contribution is 2.27. The fraction of sp³-hybridized carbons (Fsp3) is 0.400. The van der Waals surface area contributed by atoms with E-state index in [9.17, 15) is 0 Å². The van der Waals surface area contributed by atoms with Crippen LogP contribution in [-0.2, 0) is 0 Å². The Kier molecular flexibility index (Phi) is 3.75. The van der Waals surface area contributed by atoms with Crippen LogP contribution in [-0.4, -0.2) is 14.2 Å². The molecule has 0 radical (unpaired) electrons. The van der Waals surface area contributed by atoms with Gasteiger partial charge in [0.25, 0.3) is 0 Å². The Labute approximate surface area is 87.4 Å². The van der Waals surface area contributed by atoms with E-state index < -0.39 is 0 Å². The van der Waals surface area contributed by atoms with Gasteiger partial charge in [-0.3, -0.25) is 0 Å². The molecule has 1 rings (SSSR count). The smallest absolute Gasteiger partial charge is 0.120 e. The second kappa shape index (κ2) is 4.63. The van der Waals surface area contributed by atoms with Crippen LogP contribution in [0, 0.1) is 0 Å². The summed E-state index contributed by atoms with van der Waals surface area (Å²) in [5.41, 5.74) is 1.24. The highest BCUT2D eigenvalue weighted by molar-refractivity contribution is 9.10. The molecular formula is C10H14BrNO. The average molecular weight is 244 g/mol. The van der Waals surface area contributed by atoms with Crippen LogP contribution in [0.1, 0.15) is 18.5 Å². The number of ether oxygens (including phenoxy) is 1. The fourth-order valence-corrected chi connectivity index (χ4v) is 1.84. The minimum atomic E-state index is 0.347. The van der Waals surface area contributed by atoms with Crippen molar-refractivity contribution in [1.82, 2.24) is 5.32 Å². The maximum absolute atomic E-state index is 5.11. The first-order chi connectivity index (χ1) is 6.19. The summed E-state index contributed by atoms with van der Waals surface area (Å²) in [4.78, 5) is 0.